The van der Waals surface area contributed by atoms with E-state index in [-0.39, 0.29) is 6.10 Å². The van der Waals surface area contributed by atoms with Crippen molar-refractivity contribution in [3.8, 4) is 0 Å². The van der Waals surface area contributed by atoms with Crippen molar-refractivity contribution >= 4 is 0 Å². The molecule has 2 atom stereocenters. The zero-order valence-electron chi connectivity index (χ0n) is 9.24. The third-order valence-electron chi connectivity index (χ3n) is 3.25. The molecule has 0 radical (unpaired) electrons. The lowest BCUT2D eigenvalue weighted by Gasteiger charge is -2.19. The predicted octanol–water partition coefficient (Wildman–Crippen LogP) is 1.65. The number of rotatable bonds is 3. The van der Waals surface area contributed by atoms with Gasteiger partial charge in [0.2, 0.25) is 0 Å². The number of aliphatic hydroxyl groups is 1. The number of aliphatic hydroxyl groups excluding tert-OH is 1. The van der Waals surface area contributed by atoms with E-state index in [0.717, 1.165) is 19.4 Å². The normalized spacial score (nSPS) is 22.9. The Kier molecular flexibility index (Phi) is 3.39. The summed E-state index contributed by atoms with van der Waals surface area (Å²) < 4.78 is 0. The fourth-order valence-corrected chi connectivity index (χ4v) is 2.25. The number of benzene rings is 1. The van der Waals surface area contributed by atoms with Crippen molar-refractivity contribution in [1.82, 2.24) is 5.32 Å². The Morgan fingerprint density at radius 2 is 2.27 bits per heavy atom. The number of nitrogens with one attached hydrogen (secondary N) is 1. The van der Waals surface area contributed by atoms with Crippen LogP contribution in [0, 0.1) is 6.92 Å². The van der Waals surface area contributed by atoms with Crippen molar-refractivity contribution in [3.63, 3.8) is 0 Å². The number of hydrogen-bond acceptors (Lipinski definition) is 2. The van der Waals surface area contributed by atoms with Crippen molar-refractivity contribution in [3.05, 3.63) is 35.4 Å². The molecule has 2 rings (SSSR count). The smallest absolute Gasteiger partial charge is 0.0733 e. The Labute approximate surface area is 91.3 Å². The molecule has 1 heterocycles. The second-order valence-corrected chi connectivity index (χ2v) is 4.40. The lowest BCUT2D eigenvalue weighted by molar-refractivity contribution is 0.136. The lowest BCUT2D eigenvalue weighted by atomic mass is 9.98. The molecule has 0 spiro atoms. The SMILES string of the molecule is Cc1ccccc1CC(O)C1CCCN1. The van der Waals surface area contributed by atoms with Crippen LogP contribution in [0.5, 0.6) is 0 Å². The maximum absolute atomic E-state index is 10.1. The minimum atomic E-state index is -0.242. The van der Waals surface area contributed by atoms with E-state index < -0.39 is 0 Å². The summed E-state index contributed by atoms with van der Waals surface area (Å²) in [6.45, 7) is 3.15. The highest BCUT2D eigenvalue weighted by molar-refractivity contribution is 5.26. The standard InChI is InChI=1S/C13H19NO/c1-10-5-2-3-6-11(10)9-13(15)12-7-4-8-14-12/h2-3,5-6,12-15H,4,7-9H2,1H3. The molecule has 0 saturated carbocycles. The zero-order valence-corrected chi connectivity index (χ0v) is 9.24. The van der Waals surface area contributed by atoms with Crippen molar-refractivity contribution in [2.24, 2.45) is 0 Å². The van der Waals surface area contributed by atoms with Crippen LogP contribution < -0.4 is 5.32 Å². The molecule has 1 aliphatic rings. The van der Waals surface area contributed by atoms with Crippen LogP contribution in [0.3, 0.4) is 0 Å². The zero-order chi connectivity index (χ0) is 10.7. The second kappa shape index (κ2) is 4.77. The third kappa shape index (κ3) is 2.58. The van der Waals surface area contributed by atoms with E-state index in [1.54, 1.807) is 0 Å². The molecular weight excluding hydrogens is 186 g/mol. The van der Waals surface area contributed by atoms with Crippen molar-refractivity contribution in [2.75, 3.05) is 6.54 Å². The Hall–Kier alpha value is -0.860. The fourth-order valence-electron chi connectivity index (χ4n) is 2.25. The van der Waals surface area contributed by atoms with E-state index in [0.29, 0.717) is 6.04 Å². The van der Waals surface area contributed by atoms with Gasteiger partial charge in [0, 0.05) is 12.5 Å². The summed E-state index contributed by atoms with van der Waals surface area (Å²) in [7, 11) is 0. The Morgan fingerprint density at radius 3 is 2.93 bits per heavy atom. The molecule has 2 nitrogen and oxygen atoms in total. The van der Waals surface area contributed by atoms with E-state index in [1.165, 1.54) is 17.5 Å². The van der Waals surface area contributed by atoms with Crippen molar-refractivity contribution in [1.29, 1.82) is 0 Å². The Balaban J connectivity index is 1.99. The second-order valence-electron chi connectivity index (χ2n) is 4.40. The van der Waals surface area contributed by atoms with Gasteiger partial charge >= 0.3 is 0 Å². The molecule has 1 fully saturated rings. The Bertz CT molecular complexity index is 318. The summed E-state index contributed by atoms with van der Waals surface area (Å²) in [4.78, 5) is 0. The van der Waals surface area contributed by atoms with Gasteiger partial charge < -0.3 is 10.4 Å². The highest BCUT2D eigenvalue weighted by Gasteiger charge is 2.22. The minimum Gasteiger partial charge on any atom is -0.391 e. The topological polar surface area (TPSA) is 32.3 Å². The van der Waals surface area contributed by atoms with Crippen LogP contribution in [-0.2, 0) is 6.42 Å². The molecule has 15 heavy (non-hydrogen) atoms. The van der Waals surface area contributed by atoms with Gasteiger partial charge in [0.05, 0.1) is 6.10 Å². The summed E-state index contributed by atoms with van der Waals surface area (Å²) in [5, 5.41) is 13.4. The van der Waals surface area contributed by atoms with E-state index in [4.69, 9.17) is 0 Å². The summed E-state index contributed by atoms with van der Waals surface area (Å²) in [5.74, 6) is 0. The van der Waals surface area contributed by atoms with Crippen molar-refractivity contribution < 1.29 is 5.11 Å². The van der Waals surface area contributed by atoms with E-state index in [1.807, 2.05) is 12.1 Å². The van der Waals surface area contributed by atoms with Crippen LogP contribution in [0.25, 0.3) is 0 Å². The lowest BCUT2D eigenvalue weighted by Crippen LogP contribution is -2.36. The molecule has 0 bridgehead atoms. The molecule has 1 aromatic rings. The number of aryl methyl sites for hydroxylation is 1. The molecule has 1 aliphatic heterocycles. The largest absolute Gasteiger partial charge is 0.391 e. The Morgan fingerprint density at radius 1 is 1.47 bits per heavy atom. The van der Waals surface area contributed by atoms with Gasteiger partial charge in [-0.15, -0.1) is 0 Å². The first kappa shape index (κ1) is 10.7. The first-order valence-corrected chi connectivity index (χ1v) is 5.73. The average molecular weight is 205 g/mol. The molecule has 82 valence electrons. The van der Waals surface area contributed by atoms with Crippen molar-refractivity contribution in [2.45, 2.75) is 38.3 Å². The van der Waals surface area contributed by atoms with Gasteiger partial charge in [0.15, 0.2) is 0 Å². The van der Waals surface area contributed by atoms with Crippen LogP contribution >= 0.6 is 0 Å². The maximum Gasteiger partial charge on any atom is 0.0733 e. The predicted molar refractivity (Wildman–Crippen MR) is 61.9 cm³/mol. The highest BCUT2D eigenvalue weighted by atomic mass is 16.3. The summed E-state index contributed by atoms with van der Waals surface area (Å²) in [6.07, 6.45) is 2.82. The molecule has 2 heteroatoms. The monoisotopic (exact) mass is 205 g/mol. The maximum atomic E-state index is 10.1. The van der Waals surface area contributed by atoms with Crippen LogP contribution in [0.1, 0.15) is 24.0 Å². The van der Waals surface area contributed by atoms with Gasteiger partial charge in [-0.2, -0.15) is 0 Å². The molecule has 1 saturated heterocycles. The van der Waals surface area contributed by atoms with Crippen LogP contribution in [0.15, 0.2) is 24.3 Å². The van der Waals surface area contributed by atoms with Crippen LogP contribution in [0.2, 0.25) is 0 Å². The van der Waals surface area contributed by atoms with Gasteiger partial charge in [-0.25, -0.2) is 0 Å². The summed E-state index contributed by atoms with van der Waals surface area (Å²) in [6, 6.07) is 8.58. The highest BCUT2D eigenvalue weighted by Crippen LogP contribution is 2.15. The van der Waals surface area contributed by atoms with Gasteiger partial charge in [0.1, 0.15) is 0 Å². The first-order chi connectivity index (χ1) is 7.27. The molecule has 0 aromatic heterocycles. The van der Waals surface area contributed by atoms with Gasteiger partial charge in [-0.05, 0) is 37.4 Å². The van der Waals surface area contributed by atoms with Gasteiger partial charge in [-0.3, -0.25) is 0 Å². The molecule has 1 aromatic carbocycles. The molecule has 2 N–H and O–H groups in total. The number of hydrogen-bond donors (Lipinski definition) is 2. The summed E-state index contributed by atoms with van der Waals surface area (Å²) >= 11 is 0. The van der Waals surface area contributed by atoms with Gasteiger partial charge in [0.25, 0.3) is 0 Å². The third-order valence-corrected chi connectivity index (χ3v) is 3.25. The quantitative estimate of drug-likeness (QED) is 0.786. The van der Waals surface area contributed by atoms with Crippen LogP contribution in [-0.4, -0.2) is 23.8 Å². The van der Waals surface area contributed by atoms with E-state index >= 15 is 0 Å². The molecule has 0 aliphatic carbocycles. The minimum absolute atomic E-state index is 0.242. The van der Waals surface area contributed by atoms with E-state index in [2.05, 4.69) is 24.4 Å². The average Bonchev–Trinajstić information content (AvgIpc) is 2.74. The fraction of sp³-hybridized carbons (Fsp3) is 0.538. The summed E-state index contributed by atoms with van der Waals surface area (Å²) in [5.41, 5.74) is 2.54. The van der Waals surface area contributed by atoms with Gasteiger partial charge in [-0.1, -0.05) is 24.3 Å². The molecule has 0 amide bonds. The van der Waals surface area contributed by atoms with Crippen LogP contribution in [0.4, 0.5) is 0 Å². The van der Waals surface area contributed by atoms with E-state index in [9.17, 15) is 5.11 Å². The first-order valence-electron chi connectivity index (χ1n) is 5.73. The molecular formula is C13H19NO. The molecule has 2 unspecified atom stereocenters.